The van der Waals surface area contributed by atoms with Gasteiger partial charge in [0.1, 0.15) is 12.1 Å². The van der Waals surface area contributed by atoms with Crippen LogP contribution in [-0.2, 0) is 16.1 Å². The number of aromatic nitrogens is 1. The molecule has 0 atom stereocenters. The van der Waals surface area contributed by atoms with E-state index < -0.39 is 5.97 Å². The fourth-order valence-electron chi connectivity index (χ4n) is 4.30. The van der Waals surface area contributed by atoms with E-state index in [1.165, 1.54) is 7.11 Å². The van der Waals surface area contributed by atoms with E-state index in [1.54, 1.807) is 26.6 Å². The number of hydrogen-bond acceptors (Lipinski definition) is 5. The minimum absolute atomic E-state index is 0.0667. The van der Waals surface area contributed by atoms with Gasteiger partial charge in [-0.3, -0.25) is 9.59 Å². The van der Waals surface area contributed by atoms with Crippen LogP contribution in [0.4, 0.5) is 0 Å². The number of para-hydroxylation sites is 2. The second-order valence-electron chi connectivity index (χ2n) is 8.00. The standard InChI is InChI=1S/C25H23N3O5/c1-32-25(31)19-15-28(20-8-4-3-7-18(19)20)16-23(29)26-10-12-27(13-11-26)24(30)22-14-17-6-2-5-9-21(17)33-22/h2-9,14-15H,10-13,16H2,1H3. The number of hydrogen-bond donors (Lipinski definition) is 0. The maximum Gasteiger partial charge on any atom is 0.340 e. The Balaban J connectivity index is 1.26. The molecule has 0 spiro atoms. The van der Waals surface area contributed by atoms with Crippen molar-refractivity contribution < 1.29 is 23.5 Å². The van der Waals surface area contributed by atoms with Gasteiger partial charge in [-0.2, -0.15) is 0 Å². The van der Waals surface area contributed by atoms with Crippen LogP contribution in [0.25, 0.3) is 21.9 Å². The van der Waals surface area contributed by atoms with E-state index in [2.05, 4.69) is 0 Å². The van der Waals surface area contributed by atoms with E-state index in [0.29, 0.717) is 43.1 Å². The number of methoxy groups -OCH3 is 1. The topological polar surface area (TPSA) is 85.0 Å². The lowest BCUT2D eigenvalue weighted by Gasteiger charge is -2.34. The van der Waals surface area contributed by atoms with Gasteiger partial charge in [0.05, 0.1) is 12.7 Å². The predicted octanol–water partition coefficient (Wildman–Crippen LogP) is 3.16. The number of rotatable bonds is 4. The van der Waals surface area contributed by atoms with Crippen molar-refractivity contribution in [3.8, 4) is 0 Å². The molecule has 0 saturated carbocycles. The molecule has 1 saturated heterocycles. The van der Waals surface area contributed by atoms with Crippen molar-refractivity contribution in [3.05, 3.63) is 72.1 Å². The van der Waals surface area contributed by atoms with Crippen LogP contribution in [0.1, 0.15) is 20.9 Å². The summed E-state index contributed by atoms with van der Waals surface area (Å²) >= 11 is 0. The molecule has 0 radical (unpaired) electrons. The second-order valence-corrected chi connectivity index (χ2v) is 8.00. The lowest BCUT2D eigenvalue weighted by molar-refractivity contribution is -0.133. The molecule has 168 valence electrons. The summed E-state index contributed by atoms with van der Waals surface area (Å²) in [6.07, 6.45) is 1.66. The summed E-state index contributed by atoms with van der Waals surface area (Å²) in [6, 6.07) is 16.7. The second kappa shape index (κ2) is 8.46. The van der Waals surface area contributed by atoms with E-state index in [-0.39, 0.29) is 18.4 Å². The molecular weight excluding hydrogens is 422 g/mol. The van der Waals surface area contributed by atoms with Gasteiger partial charge in [0.25, 0.3) is 5.91 Å². The first-order valence-corrected chi connectivity index (χ1v) is 10.8. The fourth-order valence-corrected chi connectivity index (χ4v) is 4.30. The van der Waals surface area contributed by atoms with Crippen LogP contribution < -0.4 is 0 Å². The molecule has 1 aliphatic heterocycles. The average molecular weight is 445 g/mol. The Hall–Kier alpha value is -4.07. The Morgan fingerprint density at radius 3 is 2.39 bits per heavy atom. The van der Waals surface area contributed by atoms with E-state index in [0.717, 1.165) is 16.3 Å². The smallest absolute Gasteiger partial charge is 0.340 e. The zero-order chi connectivity index (χ0) is 22.9. The lowest BCUT2D eigenvalue weighted by atomic mass is 10.2. The van der Waals surface area contributed by atoms with Crippen molar-refractivity contribution >= 4 is 39.7 Å². The Labute approximate surface area is 189 Å². The van der Waals surface area contributed by atoms with Crippen LogP contribution >= 0.6 is 0 Å². The molecule has 4 aromatic rings. The number of amides is 2. The molecule has 0 unspecified atom stereocenters. The van der Waals surface area contributed by atoms with Gasteiger partial charge in [0, 0.05) is 48.7 Å². The van der Waals surface area contributed by atoms with Gasteiger partial charge in [-0.25, -0.2) is 4.79 Å². The van der Waals surface area contributed by atoms with Gasteiger partial charge < -0.3 is 23.5 Å². The van der Waals surface area contributed by atoms with E-state index in [4.69, 9.17) is 9.15 Å². The molecule has 33 heavy (non-hydrogen) atoms. The van der Waals surface area contributed by atoms with Crippen molar-refractivity contribution in [2.24, 2.45) is 0 Å². The summed E-state index contributed by atoms with van der Waals surface area (Å²) in [5, 5.41) is 1.64. The third kappa shape index (κ3) is 3.84. The third-order valence-corrected chi connectivity index (χ3v) is 6.06. The van der Waals surface area contributed by atoms with Gasteiger partial charge in [-0.15, -0.1) is 0 Å². The van der Waals surface area contributed by atoms with Crippen molar-refractivity contribution in [3.63, 3.8) is 0 Å². The number of carbonyl (C=O) groups excluding carboxylic acids is 3. The summed E-state index contributed by atoms with van der Waals surface area (Å²) < 4.78 is 12.3. The molecule has 2 aromatic carbocycles. The number of furan rings is 1. The number of fused-ring (bicyclic) bond motifs is 2. The normalized spacial score (nSPS) is 14.1. The van der Waals surface area contributed by atoms with E-state index in [1.807, 2.05) is 48.5 Å². The van der Waals surface area contributed by atoms with Gasteiger partial charge >= 0.3 is 5.97 Å². The van der Waals surface area contributed by atoms with Gasteiger partial charge in [0.2, 0.25) is 5.91 Å². The quantitative estimate of drug-likeness (QED) is 0.451. The Morgan fingerprint density at radius 2 is 1.64 bits per heavy atom. The highest BCUT2D eigenvalue weighted by Crippen LogP contribution is 2.23. The van der Waals surface area contributed by atoms with E-state index >= 15 is 0 Å². The molecule has 5 rings (SSSR count). The van der Waals surface area contributed by atoms with Crippen molar-refractivity contribution in [2.75, 3.05) is 33.3 Å². The first-order valence-electron chi connectivity index (χ1n) is 10.8. The molecule has 0 bridgehead atoms. The van der Waals surface area contributed by atoms with Crippen LogP contribution in [0.15, 0.2) is 65.2 Å². The molecule has 0 N–H and O–H groups in total. The summed E-state index contributed by atoms with van der Waals surface area (Å²) in [6.45, 7) is 1.85. The van der Waals surface area contributed by atoms with Crippen LogP contribution in [0.5, 0.6) is 0 Å². The average Bonchev–Trinajstić information content (AvgIpc) is 3.45. The number of nitrogens with zero attached hydrogens (tertiary/aromatic N) is 3. The monoisotopic (exact) mass is 445 g/mol. The lowest BCUT2D eigenvalue weighted by Crippen LogP contribution is -2.51. The highest BCUT2D eigenvalue weighted by Gasteiger charge is 2.27. The molecule has 8 nitrogen and oxygen atoms in total. The van der Waals surface area contributed by atoms with Crippen LogP contribution in [0, 0.1) is 0 Å². The molecule has 8 heteroatoms. The van der Waals surface area contributed by atoms with Crippen molar-refractivity contribution in [1.29, 1.82) is 0 Å². The summed E-state index contributed by atoms with van der Waals surface area (Å²) in [5.41, 5.74) is 1.91. The highest BCUT2D eigenvalue weighted by molar-refractivity contribution is 6.04. The zero-order valence-electron chi connectivity index (χ0n) is 18.2. The minimum Gasteiger partial charge on any atom is -0.465 e. The Kier molecular flexibility index (Phi) is 5.34. The largest absolute Gasteiger partial charge is 0.465 e. The zero-order valence-corrected chi connectivity index (χ0v) is 18.2. The third-order valence-electron chi connectivity index (χ3n) is 6.06. The first-order chi connectivity index (χ1) is 16.0. The Bertz CT molecular complexity index is 1330. The summed E-state index contributed by atoms with van der Waals surface area (Å²) in [4.78, 5) is 41.4. The van der Waals surface area contributed by atoms with Gasteiger partial charge in [0.15, 0.2) is 5.76 Å². The number of carbonyl (C=O) groups is 3. The van der Waals surface area contributed by atoms with Gasteiger partial charge in [-0.1, -0.05) is 36.4 Å². The summed E-state index contributed by atoms with van der Waals surface area (Å²) in [7, 11) is 1.34. The molecule has 0 aliphatic carbocycles. The molecule has 1 aliphatic rings. The number of ether oxygens (including phenoxy) is 1. The number of piperazine rings is 1. The summed E-state index contributed by atoms with van der Waals surface area (Å²) in [5.74, 6) is -0.360. The van der Waals surface area contributed by atoms with Crippen LogP contribution in [0.3, 0.4) is 0 Å². The van der Waals surface area contributed by atoms with Crippen molar-refractivity contribution in [2.45, 2.75) is 6.54 Å². The maximum absolute atomic E-state index is 13.0. The highest BCUT2D eigenvalue weighted by atomic mass is 16.5. The molecular formula is C25H23N3O5. The van der Waals surface area contributed by atoms with Crippen LogP contribution in [0.2, 0.25) is 0 Å². The maximum atomic E-state index is 13.0. The minimum atomic E-state index is -0.435. The van der Waals surface area contributed by atoms with E-state index in [9.17, 15) is 14.4 Å². The predicted molar refractivity (Wildman–Crippen MR) is 122 cm³/mol. The molecule has 2 amide bonds. The SMILES string of the molecule is COC(=O)c1cn(CC(=O)N2CCN(C(=O)c3cc4ccccc4o3)CC2)c2ccccc12. The number of esters is 1. The van der Waals surface area contributed by atoms with Gasteiger partial charge in [-0.05, 0) is 18.2 Å². The molecule has 3 heterocycles. The number of benzene rings is 2. The Morgan fingerprint density at radius 1 is 0.939 bits per heavy atom. The fraction of sp³-hybridized carbons (Fsp3) is 0.240. The van der Waals surface area contributed by atoms with Crippen molar-refractivity contribution in [1.82, 2.24) is 14.4 Å². The van der Waals surface area contributed by atoms with Crippen LogP contribution in [-0.4, -0.2) is 65.4 Å². The molecule has 1 fully saturated rings. The first kappa shape index (κ1) is 20.8. The molecule has 2 aromatic heterocycles.